The van der Waals surface area contributed by atoms with Crippen molar-refractivity contribution >= 4 is 23.4 Å². The molecule has 0 fully saturated rings. The first-order chi connectivity index (χ1) is 7.14. The Balaban J connectivity index is 0.00000225. The Labute approximate surface area is 114 Å². The Hall–Kier alpha value is -0.210. The number of allylic oxidation sites excluding steroid dienone is 1. The Morgan fingerprint density at radius 2 is 1.81 bits per heavy atom. The van der Waals surface area contributed by atoms with Crippen LogP contribution in [0.1, 0.15) is 5.56 Å². The van der Waals surface area contributed by atoms with E-state index in [1.807, 2.05) is 25.2 Å². The molecule has 0 spiro atoms. The smallest absolute Gasteiger partial charge is 0.171 e. The predicted molar refractivity (Wildman–Crippen MR) is 66.9 cm³/mol. The fourth-order valence-electron chi connectivity index (χ4n) is 1.18. The number of nitrogens with zero attached hydrogens (tertiary/aromatic N) is 1. The molecule has 0 amide bonds. The molecule has 0 aliphatic heterocycles. The van der Waals surface area contributed by atoms with Crippen LogP contribution in [0.3, 0.4) is 0 Å². The van der Waals surface area contributed by atoms with Gasteiger partial charge in [0.05, 0.1) is 7.05 Å². The van der Waals surface area contributed by atoms with Crippen LogP contribution in [0.25, 0.3) is 0 Å². The number of rotatable bonds is 5. The SMILES string of the molecule is C[N+](Cl)(CCl)CC=CCc1ccccc1.[Cl-]. The molecule has 0 aliphatic carbocycles. The first kappa shape index (κ1) is 15.8. The first-order valence-corrected chi connectivity index (χ1v) is 5.80. The topological polar surface area (TPSA) is 0 Å². The van der Waals surface area contributed by atoms with E-state index in [0.29, 0.717) is 10.0 Å². The Morgan fingerprint density at radius 1 is 1.19 bits per heavy atom. The molecule has 1 nitrogen and oxygen atoms in total. The van der Waals surface area contributed by atoms with Gasteiger partial charge in [0.2, 0.25) is 0 Å². The van der Waals surface area contributed by atoms with E-state index in [-0.39, 0.29) is 12.4 Å². The molecule has 0 bridgehead atoms. The molecule has 0 N–H and O–H groups in total. The van der Waals surface area contributed by atoms with Crippen molar-refractivity contribution in [3.63, 3.8) is 0 Å². The van der Waals surface area contributed by atoms with Crippen molar-refractivity contribution in [1.29, 1.82) is 0 Å². The fraction of sp³-hybridized carbons (Fsp3) is 0.333. The monoisotopic (exact) mass is 279 g/mol. The molecule has 0 aliphatic rings. The number of halogens is 3. The van der Waals surface area contributed by atoms with E-state index < -0.39 is 0 Å². The Bertz CT molecular complexity index is 309. The van der Waals surface area contributed by atoms with E-state index in [4.69, 9.17) is 23.4 Å². The highest BCUT2D eigenvalue weighted by atomic mass is 35.5. The maximum atomic E-state index is 6.06. The lowest BCUT2D eigenvalue weighted by Gasteiger charge is -2.18. The van der Waals surface area contributed by atoms with Crippen LogP contribution in [-0.2, 0) is 6.42 Å². The van der Waals surface area contributed by atoms with Gasteiger partial charge in [0.25, 0.3) is 0 Å². The third-order valence-corrected chi connectivity index (χ3v) is 3.01. The molecule has 1 aromatic rings. The average Bonchev–Trinajstić information content (AvgIpc) is 2.26. The van der Waals surface area contributed by atoms with Gasteiger partial charge in [-0.2, -0.15) is 0 Å². The minimum atomic E-state index is 0. The summed E-state index contributed by atoms with van der Waals surface area (Å²) in [5.41, 5.74) is 1.31. The summed E-state index contributed by atoms with van der Waals surface area (Å²) in [6.07, 6.45) is 5.14. The summed E-state index contributed by atoms with van der Waals surface area (Å²) in [5, 5.41) is 0. The molecule has 90 valence electrons. The molecule has 0 radical (unpaired) electrons. The number of hydrogen-bond acceptors (Lipinski definition) is 0. The molecular formula is C12H16Cl3N. The molecule has 0 heterocycles. The van der Waals surface area contributed by atoms with Crippen molar-refractivity contribution in [3.8, 4) is 0 Å². The van der Waals surface area contributed by atoms with Crippen LogP contribution >= 0.6 is 23.4 Å². The largest absolute Gasteiger partial charge is 1.00 e. The zero-order valence-corrected chi connectivity index (χ0v) is 11.5. The second kappa shape index (κ2) is 7.97. The lowest BCUT2D eigenvalue weighted by atomic mass is 10.1. The van der Waals surface area contributed by atoms with Gasteiger partial charge in [-0.25, -0.2) is 4.00 Å². The minimum Gasteiger partial charge on any atom is -1.00 e. The van der Waals surface area contributed by atoms with Gasteiger partial charge in [-0.3, -0.25) is 0 Å². The molecule has 0 aromatic heterocycles. The highest BCUT2D eigenvalue weighted by Gasteiger charge is 2.14. The summed E-state index contributed by atoms with van der Waals surface area (Å²) >= 11 is 11.8. The van der Waals surface area contributed by atoms with Gasteiger partial charge < -0.3 is 12.4 Å². The standard InChI is InChI=1S/C12H16Cl2N.ClH/c1-15(14,11-13)10-6-5-9-12-7-3-2-4-8-12;/h2-8H,9-11H2,1H3;1H/q+1;/p-1. The second-order valence-electron chi connectivity index (χ2n) is 3.73. The summed E-state index contributed by atoms with van der Waals surface area (Å²) in [6, 6.07) is 10.7. The van der Waals surface area contributed by atoms with E-state index in [9.17, 15) is 0 Å². The highest BCUT2D eigenvalue weighted by molar-refractivity contribution is 6.19. The number of hydrogen-bond donors (Lipinski definition) is 0. The number of likely N-dealkylation sites (N-methyl/N-ethyl adjacent to an activating group) is 1. The summed E-state index contributed by atoms with van der Waals surface area (Å²) in [5.74, 6) is 0. The molecule has 0 saturated carbocycles. The van der Waals surface area contributed by atoms with Crippen molar-refractivity contribution in [2.75, 3.05) is 19.6 Å². The minimum absolute atomic E-state index is 0. The van der Waals surface area contributed by atoms with Crippen LogP contribution in [0.2, 0.25) is 0 Å². The van der Waals surface area contributed by atoms with E-state index >= 15 is 0 Å². The third kappa shape index (κ3) is 6.39. The lowest BCUT2D eigenvalue weighted by molar-refractivity contribution is -0.774. The van der Waals surface area contributed by atoms with E-state index in [2.05, 4.69) is 24.3 Å². The zero-order chi connectivity index (χ0) is 11.1. The van der Waals surface area contributed by atoms with Crippen LogP contribution in [0.5, 0.6) is 0 Å². The second-order valence-corrected chi connectivity index (χ2v) is 4.78. The number of alkyl halides is 1. The van der Waals surface area contributed by atoms with Crippen molar-refractivity contribution in [2.24, 2.45) is 0 Å². The summed E-state index contributed by atoms with van der Waals surface area (Å²) in [6.45, 7) is 0.748. The number of benzene rings is 1. The Morgan fingerprint density at radius 3 is 2.38 bits per heavy atom. The lowest BCUT2D eigenvalue weighted by Crippen LogP contribution is -3.00. The van der Waals surface area contributed by atoms with E-state index in [1.54, 1.807) is 0 Å². The van der Waals surface area contributed by atoms with Crippen molar-refractivity contribution < 1.29 is 16.4 Å². The summed E-state index contributed by atoms with van der Waals surface area (Å²) in [7, 11) is 1.89. The molecule has 0 saturated heterocycles. The van der Waals surface area contributed by atoms with Gasteiger partial charge in [-0.05, 0) is 18.1 Å². The summed E-state index contributed by atoms with van der Waals surface area (Å²) in [4.78, 5) is 0. The van der Waals surface area contributed by atoms with Gasteiger partial charge >= 0.3 is 0 Å². The molecule has 16 heavy (non-hydrogen) atoms. The van der Waals surface area contributed by atoms with Gasteiger partial charge in [0, 0.05) is 0 Å². The Kier molecular flexibility index (Phi) is 7.86. The quantitative estimate of drug-likeness (QED) is 0.320. The van der Waals surface area contributed by atoms with Gasteiger partial charge in [0.1, 0.15) is 6.54 Å². The van der Waals surface area contributed by atoms with Crippen LogP contribution < -0.4 is 12.4 Å². The van der Waals surface area contributed by atoms with E-state index in [0.717, 1.165) is 13.0 Å². The van der Waals surface area contributed by atoms with Gasteiger partial charge in [0.15, 0.2) is 17.8 Å². The van der Waals surface area contributed by atoms with Crippen LogP contribution in [0, 0.1) is 0 Å². The van der Waals surface area contributed by atoms with E-state index in [1.165, 1.54) is 5.56 Å². The maximum Gasteiger partial charge on any atom is 0.171 e. The number of quaternary nitrogens is 1. The maximum absolute atomic E-state index is 6.06. The molecular weight excluding hydrogens is 264 g/mol. The van der Waals surface area contributed by atoms with Crippen LogP contribution in [0.15, 0.2) is 42.5 Å². The van der Waals surface area contributed by atoms with Gasteiger partial charge in [-0.1, -0.05) is 48.0 Å². The third-order valence-electron chi connectivity index (χ3n) is 2.10. The highest BCUT2D eigenvalue weighted by Crippen LogP contribution is 2.09. The first-order valence-electron chi connectivity index (χ1n) is 4.93. The molecule has 1 unspecified atom stereocenters. The van der Waals surface area contributed by atoms with Crippen molar-refractivity contribution in [2.45, 2.75) is 6.42 Å². The summed E-state index contributed by atoms with van der Waals surface area (Å²) < 4.78 is 0.298. The molecule has 1 rings (SSSR count). The molecule has 4 heteroatoms. The predicted octanol–water partition coefficient (Wildman–Crippen LogP) is 0.586. The van der Waals surface area contributed by atoms with Crippen molar-refractivity contribution in [3.05, 3.63) is 48.0 Å². The average molecular weight is 281 g/mol. The molecule has 1 aromatic carbocycles. The van der Waals surface area contributed by atoms with Crippen LogP contribution in [0.4, 0.5) is 0 Å². The molecule has 1 atom stereocenters. The normalized spacial score (nSPS) is 14.4. The van der Waals surface area contributed by atoms with Crippen LogP contribution in [-0.4, -0.2) is 23.6 Å². The zero-order valence-electron chi connectivity index (χ0n) is 9.24. The van der Waals surface area contributed by atoms with Crippen molar-refractivity contribution in [1.82, 2.24) is 0 Å². The fourth-order valence-corrected chi connectivity index (χ4v) is 1.35. The van der Waals surface area contributed by atoms with Gasteiger partial charge in [-0.15, -0.1) is 0 Å².